The summed E-state index contributed by atoms with van der Waals surface area (Å²) >= 11 is 5.93. The van der Waals surface area contributed by atoms with Crippen LogP contribution in [0.15, 0.2) is 52.8 Å². The van der Waals surface area contributed by atoms with Gasteiger partial charge in [-0.2, -0.15) is 5.11 Å². The van der Waals surface area contributed by atoms with Gasteiger partial charge in [-0.15, -0.1) is 0 Å². The largest absolute Gasteiger partial charge is 0.322 e. The van der Waals surface area contributed by atoms with Crippen LogP contribution >= 0.6 is 11.6 Å². The Kier molecular flexibility index (Phi) is 4.71. The SMILES string of the molecule is O=C(CN1N=NC2C(=O)N(c3cccc(Cl)c3)C(=O)C21)Nc1ccc(F)cc1F. The summed E-state index contributed by atoms with van der Waals surface area (Å²) in [7, 11) is 0. The molecule has 4 rings (SSSR count). The Morgan fingerprint density at radius 3 is 2.66 bits per heavy atom. The molecule has 11 heteroatoms. The van der Waals surface area contributed by atoms with Gasteiger partial charge in [-0.25, -0.2) is 13.7 Å². The molecule has 2 aliphatic heterocycles. The first kappa shape index (κ1) is 18.9. The van der Waals surface area contributed by atoms with Gasteiger partial charge in [0, 0.05) is 11.1 Å². The zero-order valence-electron chi connectivity index (χ0n) is 14.6. The maximum absolute atomic E-state index is 13.7. The highest BCUT2D eigenvalue weighted by molar-refractivity contribution is 6.31. The van der Waals surface area contributed by atoms with Gasteiger partial charge in [0.15, 0.2) is 12.1 Å². The molecule has 3 amide bonds. The second-order valence-electron chi connectivity index (χ2n) is 6.36. The molecule has 1 N–H and O–H groups in total. The quantitative estimate of drug-likeness (QED) is 0.770. The smallest absolute Gasteiger partial charge is 0.263 e. The van der Waals surface area contributed by atoms with Gasteiger partial charge in [0.1, 0.15) is 18.2 Å². The molecule has 1 saturated heterocycles. The fraction of sp³-hybridized carbons (Fsp3) is 0.167. The van der Waals surface area contributed by atoms with E-state index in [0.29, 0.717) is 11.1 Å². The zero-order chi connectivity index (χ0) is 20.7. The van der Waals surface area contributed by atoms with Crippen LogP contribution in [0.2, 0.25) is 5.02 Å². The van der Waals surface area contributed by atoms with E-state index in [2.05, 4.69) is 15.7 Å². The highest BCUT2D eigenvalue weighted by Crippen LogP contribution is 2.32. The van der Waals surface area contributed by atoms with E-state index in [4.69, 9.17) is 11.6 Å². The lowest BCUT2D eigenvalue weighted by Gasteiger charge is -2.20. The van der Waals surface area contributed by atoms with Gasteiger partial charge in [0.05, 0.1) is 11.4 Å². The van der Waals surface area contributed by atoms with Crippen LogP contribution in [0, 0.1) is 11.6 Å². The lowest BCUT2D eigenvalue weighted by atomic mass is 10.1. The maximum atomic E-state index is 13.7. The number of carbonyl (C=O) groups excluding carboxylic acids is 3. The molecular weight excluding hydrogens is 408 g/mol. The minimum atomic E-state index is -1.09. The molecule has 2 atom stereocenters. The van der Waals surface area contributed by atoms with E-state index in [1.54, 1.807) is 18.2 Å². The number of carbonyl (C=O) groups is 3. The van der Waals surface area contributed by atoms with Gasteiger partial charge in [0.2, 0.25) is 5.91 Å². The second kappa shape index (κ2) is 7.21. The van der Waals surface area contributed by atoms with Crippen LogP contribution in [-0.2, 0) is 14.4 Å². The number of imide groups is 1. The fourth-order valence-electron chi connectivity index (χ4n) is 3.15. The summed E-state index contributed by atoms with van der Waals surface area (Å²) in [5, 5.41) is 11.2. The van der Waals surface area contributed by atoms with Crippen molar-refractivity contribution < 1.29 is 23.2 Å². The number of hydrogen-bond donors (Lipinski definition) is 1. The van der Waals surface area contributed by atoms with Crippen molar-refractivity contribution in [1.29, 1.82) is 0 Å². The van der Waals surface area contributed by atoms with E-state index in [-0.39, 0.29) is 11.4 Å². The minimum absolute atomic E-state index is 0.224. The molecule has 0 spiro atoms. The Bertz CT molecular complexity index is 1060. The van der Waals surface area contributed by atoms with Crippen molar-refractivity contribution in [2.75, 3.05) is 16.8 Å². The lowest BCUT2D eigenvalue weighted by molar-refractivity contribution is -0.123. The van der Waals surface area contributed by atoms with Crippen LogP contribution in [0.25, 0.3) is 0 Å². The first-order valence-corrected chi connectivity index (χ1v) is 8.78. The number of benzene rings is 2. The van der Waals surface area contributed by atoms with Crippen LogP contribution in [0.4, 0.5) is 20.2 Å². The maximum Gasteiger partial charge on any atom is 0.263 e. The van der Waals surface area contributed by atoms with Crippen molar-refractivity contribution >= 4 is 40.7 Å². The monoisotopic (exact) mass is 419 g/mol. The van der Waals surface area contributed by atoms with Crippen molar-refractivity contribution in [2.45, 2.75) is 12.1 Å². The Morgan fingerprint density at radius 2 is 1.93 bits per heavy atom. The number of rotatable bonds is 4. The third kappa shape index (κ3) is 3.42. The van der Waals surface area contributed by atoms with Gasteiger partial charge in [0.25, 0.3) is 11.8 Å². The lowest BCUT2D eigenvalue weighted by Crippen LogP contribution is -2.43. The van der Waals surface area contributed by atoms with E-state index in [1.165, 1.54) is 6.07 Å². The van der Waals surface area contributed by atoms with Crippen molar-refractivity contribution in [3.05, 3.63) is 59.1 Å². The van der Waals surface area contributed by atoms with Crippen LogP contribution in [0.1, 0.15) is 0 Å². The van der Waals surface area contributed by atoms with E-state index >= 15 is 0 Å². The van der Waals surface area contributed by atoms with E-state index < -0.39 is 48.0 Å². The molecule has 2 aromatic rings. The molecule has 0 bridgehead atoms. The van der Waals surface area contributed by atoms with Gasteiger partial charge >= 0.3 is 0 Å². The molecule has 8 nitrogen and oxygen atoms in total. The van der Waals surface area contributed by atoms with Crippen LogP contribution in [0.5, 0.6) is 0 Å². The van der Waals surface area contributed by atoms with Crippen LogP contribution < -0.4 is 10.2 Å². The van der Waals surface area contributed by atoms with Crippen molar-refractivity contribution in [2.24, 2.45) is 10.3 Å². The fourth-order valence-corrected chi connectivity index (χ4v) is 3.34. The number of halogens is 3. The van der Waals surface area contributed by atoms with Crippen molar-refractivity contribution in [3.63, 3.8) is 0 Å². The summed E-state index contributed by atoms with van der Waals surface area (Å²) in [5.74, 6) is -3.63. The highest BCUT2D eigenvalue weighted by Gasteiger charge is 2.55. The van der Waals surface area contributed by atoms with Crippen LogP contribution in [0.3, 0.4) is 0 Å². The van der Waals surface area contributed by atoms with Crippen molar-refractivity contribution in [3.8, 4) is 0 Å². The average Bonchev–Trinajstić information content (AvgIpc) is 3.17. The third-order valence-corrected chi connectivity index (χ3v) is 4.67. The number of hydrogen-bond acceptors (Lipinski definition) is 6. The third-order valence-electron chi connectivity index (χ3n) is 4.44. The van der Waals surface area contributed by atoms with Gasteiger partial charge < -0.3 is 5.32 Å². The summed E-state index contributed by atoms with van der Waals surface area (Å²) in [6.07, 6.45) is 0. The Labute approximate surface area is 167 Å². The molecule has 0 saturated carbocycles. The van der Waals surface area contributed by atoms with Gasteiger partial charge in [-0.3, -0.25) is 19.4 Å². The molecule has 0 radical (unpaired) electrons. The molecule has 148 valence electrons. The predicted octanol–water partition coefficient (Wildman–Crippen LogP) is 2.55. The van der Waals surface area contributed by atoms with Gasteiger partial charge in [-0.05, 0) is 30.3 Å². The van der Waals surface area contributed by atoms with E-state index in [1.807, 2.05) is 0 Å². The topological polar surface area (TPSA) is 94.4 Å². The summed E-state index contributed by atoms with van der Waals surface area (Å²) in [4.78, 5) is 38.6. The number of anilines is 2. The normalized spacial score (nSPS) is 20.4. The molecule has 0 aromatic heterocycles. The summed E-state index contributed by atoms with van der Waals surface area (Å²) < 4.78 is 26.7. The molecule has 0 aliphatic carbocycles. The number of amides is 3. The molecule has 2 unspecified atom stereocenters. The molecule has 29 heavy (non-hydrogen) atoms. The van der Waals surface area contributed by atoms with E-state index in [0.717, 1.165) is 22.0 Å². The Balaban J connectivity index is 1.49. The second-order valence-corrected chi connectivity index (χ2v) is 6.79. The van der Waals surface area contributed by atoms with E-state index in [9.17, 15) is 23.2 Å². The number of nitrogens with zero attached hydrogens (tertiary/aromatic N) is 4. The Morgan fingerprint density at radius 1 is 1.14 bits per heavy atom. The average molecular weight is 420 g/mol. The molecule has 1 fully saturated rings. The molecule has 2 heterocycles. The molecule has 2 aliphatic rings. The predicted molar refractivity (Wildman–Crippen MR) is 98.1 cm³/mol. The summed E-state index contributed by atoms with van der Waals surface area (Å²) in [6.45, 7) is -0.454. The molecular formula is C18H12ClF2N5O3. The summed E-state index contributed by atoms with van der Waals surface area (Å²) in [5.41, 5.74) is 0.0633. The standard InChI is InChI=1S/C18H12ClF2N5O3/c19-9-2-1-3-11(6-9)26-17(28)15-16(18(26)29)25(24-23-15)8-14(27)22-13-5-4-10(20)7-12(13)21/h1-7,15-16H,8H2,(H,22,27). The van der Waals surface area contributed by atoms with Crippen molar-refractivity contribution in [1.82, 2.24) is 5.01 Å². The Hall–Kier alpha value is -3.40. The highest BCUT2D eigenvalue weighted by atomic mass is 35.5. The molecule has 2 aromatic carbocycles. The number of nitrogens with one attached hydrogen (secondary N) is 1. The minimum Gasteiger partial charge on any atom is -0.322 e. The zero-order valence-corrected chi connectivity index (χ0v) is 15.3. The van der Waals surface area contributed by atoms with Gasteiger partial charge in [-0.1, -0.05) is 22.9 Å². The number of fused-ring (bicyclic) bond motifs is 1. The first-order valence-electron chi connectivity index (χ1n) is 8.41. The van der Waals surface area contributed by atoms with Crippen LogP contribution in [-0.4, -0.2) is 41.4 Å². The first-order chi connectivity index (χ1) is 13.8. The summed E-state index contributed by atoms with van der Waals surface area (Å²) in [6, 6.07) is 6.72.